The summed E-state index contributed by atoms with van der Waals surface area (Å²) in [6.45, 7) is 1.53. The third-order valence-electron chi connectivity index (χ3n) is 1.11. The van der Waals surface area contributed by atoms with Gasteiger partial charge < -0.3 is 0 Å². The predicted octanol–water partition coefficient (Wildman–Crippen LogP) is 0.333. The molecule has 0 fully saturated rings. The molecule has 0 rings (SSSR count). The molecule has 0 saturated heterocycles. The molecular weight excluding hydrogens is 138 g/mol. The molecule has 3 nitrogen and oxygen atoms in total. The number of sulfone groups is 1. The first kappa shape index (κ1) is 8.44. The largest absolute Gasteiger partial charge is 0.229 e. The topological polar surface area (TPSA) is 57.9 Å². The Kier molecular flexibility index (Phi) is 2.65. The highest BCUT2D eigenvalue weighted by Gasteiger charge is 2.12. The number of nitrogens with zero attached hydrogens (tertiary/aromatic N) is 1. The zero-order valence-corrected chi connectivity index (χ0v) is 6.27. The van der Waals surface area contributed by atoms with Gasteiger partial charge >= 0.3 is 0 Å². The summed E-state index contributed by atoms with van der Waals surface area (Å²) in [5, 5.41) is 7.56. The fraction of sp³-hybridized carbons (Fsp3) is 0.800. The van der Waals surface area contributed by atoms with E-state index in [1.165, 1.54) is 6.92 Å². The summed E-state index contributed by atoms with van der Waals surface area (Å²) in [4.78, 5) is 0. The van der Waals surface area contributed by atoms with Crippen LogP contribution >= 0.6 is 0 Å². The highest BCUT2D eigenvalue weighted by molar-refractivity contribution is 7.91. The highest BCUT2D eigenvalue weighted by Crippen LogP contribution is 2.00. The molecule has 0 spiro atoms. The summed E-state index contributed by atoms with van der Waals surface area (Å²) < 4.78 is 21.1. The predicted molar refractivity (Wildman–Crippen MR) is 34.5 cm³/mol. The maximum Gasteiger partial charge on any atom is 0.151 e. The first-order valence-corrected chi connectivity index (χ1v) is 4.49. The van der Waals surface area contributed by atoms with Gasteiger partial charge in [-0.1, -0.05) is 0 Å². The Bertz CT molecular complexity index is 212. The van der Waals surface area contributed by atoms with E-state index in [0.717, 1.165) is 6.26 Å². The fourth-order valence-electron chi connectivity index (χ4n) is 0.280. The van der Waals surface area contributed by atoms with E-state index >= 15 is 0 Å². The molecule has 4 heteroatoms. The second-order valence-electron chi connectivity index (χ2n) is 2.00. The summed E-state index contributed by atoms with van der Waals surface area (Å²) >= 11 is 0. The summed E-state index contributed by atoms with van der Waals surface area (Å²) in [5.41, 5.74) is 0. The van der Waals surface area contributed by atoms with Crippen LogP contribution in [0.5, 0.6) is 0 Å². The van der Waals surface area contributed by atoms with Crippen LogP contribution in [0.3, 0.4) is 0 Å². The number of rotatable bonds is 2. The lowest BCUT2D eigenvalue weighted by atomic mass is 10.4. The Balaban J connectivity index is 4.10. The van der Waals surface area contributed by atoms with Gasteiger partial charge in [0.1, 0.15) is 0 Å². The minimum absolute atomic E-state index is 0.0822. The van der Waals surface area contributed by atoms with E-state index in [2.05, 4.69) is 0 Å². The van der Waals surface area contributed by atoms with Gasteiger partial charge in [0.2, 0.25) is 0 Å². The standard InChI is InChI=1S/C5H9NO2S/c1-5(3-4-6)9(2,7)8/h5H,3H2,1-2H3. The quantitative estimate of drug-likeness (QED) is 0.565. The third-order valence-corrected chi connectivity index (χ3v) is 2.74. The molecule has 0 aromatic carbocycles. The van der Waals surface area contributed by atoms with Crippen LogP contribution in [0.2, 0.25) is 0 Å². The van der Waals surface area contributed by atoms with E-state index in [9.17, 15) is 8.42 Å². The molecule has 0 aromatic rings. The summed E-state index contributed by atoms with van der Waals surface area (Å²) in [5.74, 6) is 0. The molecule has 1 atom stereocenters. The first-order valence-electron chi connectivity index (χ1n) is 2.54. The molecule has 0 amide bonds. The van der Waals surface area contributed by atoms with Crippen LogP contribution in [0.25, 0.3) is 0 Å². The maximum absolute atomic E-state index is 10.6. The summed E-state index contributed by atoms with van der Waals surface area (Å²) in [6, 6.07) is 1.79. The molecule has 0 saturated carbocycles. The van der Waals surface area contributed by atoms with Crippen molar-refractivity contribution in [3.05, 3.63) is 0 Å². The minimum atomic E-state index is -2.99. The molecule has 0 aliphatic carbocycles. The molecule has 0 bridgehead atoms. The van der Waals surface area contributed by atoms with Gasteiger partial charge in [0.25, 0.3) is 0 Å². The number of nitriles is 1. The van der Waals surface area contributed by atoms with Gasteiger partial charge in [-0.3, -0.25) is 0 Å². The second kappa shape index (κ2) is 2.83. The molecule has 0 aliphatic rings. The van der Waals surface area contributed by atoms with Crippen LogP contribution in [-0.2, 0) is 9.84 Å². The fourth-order valence-corrected chi connectivity index (χ4v) is 0.657. The Morgan fingerprint density at radius 1 is 1.67 bits per heavy atom. The second-order valence-corrected chi connectivity index (χ2v) is 4.47. The first-order chi connectivity index (χ1) is 3.98. The van der Waals surface area contributed by atoms with Crippen molar-refractivity contribution in [2.24, 2.45) is 0 Å². The zero-order valence-electron chi connectivity index (χ0n) is 5.46. The SMILES string of the molecule is CC(CC#N)S(C)(=O)=O. The van der Waals surface area contributed by atoms with Gasteiger partial charge in [0, 0.05) is 6.26 Å². The van der Waals surface area contributed by atoms with Gasteiger partial charge in [-0.15, -0.1) is 0 Å². The van der Waals surface area contributed by atoms with E-state index in [1.54, 1.807) is 6.07 Å². The molecular formula is C5H9NO2S. The van der Waals surface area contributed by atoms with Crippen molar-refractivity contribution in [3.63, 3.8) is 0 Å². The molecule has 0 radical (unpaired) electrons. The normalized spacial score (nSPS) is 14.3. The molecule has 0 heterocycles. The Morgan fingerprint density at radius 3 is 2.22 bits per heavy atom. The average molecular weight is 147 g/mol. The van der Waals surface area contributed by atoms with Gasteiger partial charge in [0.05, 0.1) is 17.7 Å². The van der Waals surface area contributed by atoms with Gasteiger partial charge in [0.15, 0.2) is 9.84 Å². The van der Waals surface area contributed by atoms with Crippen LogP contribution < -0.4 is 0 Å². The lowest BCUT2D eigenvalue weighted by molar-refractivity contribution is 0.590. The van der Waals surface area contributed by atoms with Gasteiger partial charge in [-0.2, -0.15) is 5.26 Å². The summed E-state index contributed by atoms with van der Waals surface area (Å²) in [7, 11) is -2.99. The zero-order chi connectivity index (χ0) is 7.49. The molecule has 0 aliphatic heterocycles. The Labute approximate surface area is 55.2 Å². The van der Waals surface area contributed by atoms with E-state index in [0.29, 0.717) is 0 Å². The van der Waals surface area contributed by atoms with Crippen molar-refractivity contribution >= 4 is 9.84 Å². The smallest absolute Gasteiger partial charge is 0.151 e. The van der Waals surface area contributed by atoms with Crippen molar-refractivity contribution in [2.75, 3.05) is 6.26 Å². The Hall–Kier alpha value is -0.560. The van der Waals surface area contributed by atoms with E-state index < -0.39 is 15.1 Å². The molecule has 0 aromatic heterocycles. The van der Waals surface area contributed by atoms with Crippen LogP contribution in [0, 0.1) is 11.3 Å². The van der Waals surface area contributed by atoms with Crippen LogP contribution in [0.1, 0.15) is 13.3 Å². The van der Waals surface area contributed by atoms with Crippen molar-refractivity contribution < 1.29 is 8.42 Å². The number of hydrogen-bond donors (Lipinski definition) is 0. The molecule has 0 N–H and O–H groups in total. The molecule has 52 valence electrons. The lowest BCUT2D eigenvalue weighted by Crippen LogP contribution is -2.14. The minimum Gasteiger partial charge on any atom is -0.229 e. The van der Waals surface area contributed by atoms with E-state index in [1.807, 2.05) is 0 Å². The molecule has 9 heavy (non-hydrogen) atoms. The monoisotopic (exact) mass is 147 g/mol. The van der Waals surface area contributed by atoms with Crippen LogP contribution in [0.15, 0.2) is 0 Å². The van der Waals surface area contributed by atoms with Crippen molar-refractivity contribution in [2.45, 2.75) is 18.6 Å². The highest BCUT2D eigenvalue weighted by atomic mass is 32.2. The Morgan fingerprint density at radius 2 is 2.11 bits per heavy atom. The van der Waals surface area contributed by atoms with Crippen LogP contribution in [0.4, 0.5) is 0 Å². The van der Waals surface area contributed by atoms with E-state index in [-0.39, 0.29) is 6.42 Å². The third kappa shape index (κ3) is 3.09. The molecule has 1 unspecified atom stereocenters. The van der Waals surface area contributed by atoms with Gasteiger partial charge in [-0.25, -0.2) is 8.42 Å². The van der Waals surface area contributed by atoms with Crippen molar-refractivity contribution in [1.82, 2.24) is 0 Å². The average Bonchev–Trinajstić information content (AvgIpc) is 1.64. The summed E-state index contributed by atoms with van der Waals surface area (Å²) in [6.07, 6.45) is 1.22. The number of hydrogen-bond acceptors (Lipinski definition) is 3. The van der Waals surface area contributed by atoms with Crippen molar-refractivity contribution in [1.29, 1.82) is 5.26 Å². The van der Waals surface area contributed by atoms with Crippen LogP contribution in [-0.4, -0.2) is 19.9 Å². The lowest BCUT2D eigenvalue weighted by Gasteiger charge is -2.00. The maximum atomic E-state index is 10.6. The van der Waals surface area contributed by atoms with E-state index in [4.69, 9.17) is 5.26 Å². The van der Waals surface area contributed by atoms with Crippen molar-refractivity contribution in [3.8, 4) is 6.07 Å². The van der Waals surface area contributed by atoms with Gasteiger partial charge in [-0.05, 0) is 6.92 Å².